The molecule has 10 nitrogen and oxygen atoms in total. The number of aromatic nitrogens is 4. The molecule has 0 aliphatic rings. The van der Waals surface area contributed by atoms with Gasteiger partial charge in [0.15, 0.2) is 6.73 Å². The molecular formula is C17H15BrF2N6O4. The van der Waals surface area contributed by atoms with E-state index in [2.05, 4.69) is 31.4 Å². The van der Waals surface area contributed by atoms with Gasteiger partial charge in [0.1, 0.15) is 18.0 Å². The highest BCUT2D eigenvalue weighted by Crippen LogP contribution is 2.30. The van der Waals surface area contributed by atoms with E-state index in [9.17, 15) is 23.7 Å². The molecule has 3 rings (SSSR count). The molecule has 0 spiro atoms. The molecule has 0 unspecified atom stereocenters. The van der Waals surface area contributed by atoms with Crippen molar-refractivity contribution in [3.05, 3.63) is 62.6 Å². The van der Waals surface area contributed by atoms with Crippen molar-refractivity contribution in [3.8, 4) is 5.75 Å². The number of ether oxygens (including phenoxy) is 1. The highest BCUT2D eigenvalue weighted by Gasteiger charge is 2.31. The van der Waals surface area contributed by atoms with Crippen molar-refractivity contribution in [1.82, 2.24) is 19.6 Å². The Morgan fingerprint density at radius 2 is 2.07 bits per heavy atom. The maximum Gasteiger partial charge on any atom is 0.319 e. The number of nitro groups is 1. The van der Waals surface area contributed by atoms with Gasteiger partial charge in [0.25, 0.3) is 6.43 Å². The van der Waals surface area contributed by atoms with Crippen LogP contribution in [0.3, 0.4) is 0 Å². The second-order valence-corrected chi connectivity index (χ2v) is 6.99. The van der Waals surface area contributed by atoms with Gasteiger partial charge in [-0.2, -0.15) is 10.2 Å². The zero-order chi connectivity index (χ0) is 21.8. The van der Waals surface area contributed by atoms with Crippen molar-refractivity contribution in [2.24, 2.45) is 0 Å². The average molecular weight is 485 g/mol. The summed E-state index contributed by atoms with van der Waals surface area (Å²) < 4.78 is 34.7. The van der Waals surface area contributed by atoms with E-state index in [1.807, 2.05) is 12.1 Å². The Balaban J connectivity index is 1.61. The lowest BCUT2D eigenvalue weighted by Crippen LogP contribution is -2.20. The fourth-order valence-electron chi connectivity index (χ4n) is 2.59. The molecule has 30 heavy (non-hydrogen) atoms. The van der Waals surface area contributed by atoms with Crippen LogP contribution in [0, 0.1) is 17.0 Å². The summed E-state index contributed by atoms with van der Waals surface area (Å²) in [6, 6.07) is 7.20. The van der Waals surface area contributed by atoms with E-state index in [1.165, 1.54) is 24.0 Å². The van der Waals surface area contributed by atoms with E-state index >= 15 is 0 Å². The van der Waals surface area contributed by atoms with Crippen LogP contribution in [0.15, 0.2) is 41.1 Å². The number of carbonyl (C=O) groups is 1. The van der Waals surface area contributed by atoms with Gasteiger partial charge >= 0.3 is 5.69 Å². The monoisotopic (exact) mass is 484 g/mol. The van der Waals surface area contributed by atoms with E-state index in [1.54, 1.807) is 12.1 Å². The maximum absolute atomic E-state index is 13.0. The number of hydrogen-bond acceptors (Lipinski definition) is 6. The molecule has 1 aromatic carbocycles. The normalized spacial score (nSPS) is 11.0. The third kappa shape index (κ3) is 4.97. The number of rotatable bonds is 8. The topological polar surface area (TPSA) is 117 Å². The molecule has 0 fully saturated rings. The number of amides is 1. The van der Waals surface area contributed by atoms with Crippen LogP contribution in [0.5, 0.6) is 5.75 Å². The number of halogens is 3. The summed E-state index contributed by atoms with van der Waals surface area (Å²) in [5.74, 6) is 0.0227. The van der Waals surface area contributed by atoms with Crippen LogP contribution < -0.4 is 10.1 Å². The van der Waals surface area contributed by atoms with Gasteiger partial charge < -0.3 is 10.1 Å². The van der Waals surface area contributed by atoms with Gasteiger partial charge in [-0.15, -0.1) is 0 Å². The molecule has 3 aromatic rings. The van der Waals surface area contributed by atoms with Crippen LogP contribution >= 0.6 is 15.9 Å². The number of alkyl halides is 2. The first-order chi connectivity index (χ1) is 14.2. The van der Waals surface area contributed by atoms with Gasteiger partial charge in [-0.05, 0) is 31.2 Å². The molecule has 2 aromatic heterocycles. The molecule has 1 N–H and O–H groups in total. The maximum atomic E-state index is 13.0. The standard InChI is InChI=1S/C17H15BrF2N6O4/c1-10-16(26(28)29)15(17(19)20)23-25(10)8-14(27)22-12-6-21-24(7-12)9-30-13-4-2-11(18)3-5-13/h2-7,17H,8-9H2,1H3,(H,22,27). The third-order valence-electron chi connectivity index (χ3n) is 3.98. The number of nitrogens with zero attached hydrogens (tertiary/aromatic N) is 5. The van der Waals surface area contributed by atoms with E-state index in [-0.39, 0.29) is 12.4 Å². The van der Waals surface area contributed by atoms with Gasteiger partial charge in [0.2, 0.25) is 11.6 Å². The lowest BCUT2D eigenvalue weighted by molar-refractivity contribution is -0.386. The molecule has 1 amide bonds. The lowest BCUT2D eigenvalue weighted by Gasteiger charge is -2.06. The molecular weight excluding hydrogens is 470 g/mol. The minimum absolute atomic E-state index is 0.0969. The summed E-state index contributed by atoms with van der Waals surface area (Å²) in [7, 11) is 0. The Morgan fingerprint density at radius 3 is 2.67 bits per heavy atom. The first-order valence-electron chi connectivity index (χ1n) is 8.45. The van der Waals surface area contributed by atoms with E-state index in [0.717, 1.165) is 9.15 Å². The Kier molecular flexibility index (Phi) is 6.40. The van der Waals surface area contributed by atoms with Gasteiger partial charge in [0, 0.05) is 4.47 Å². The highest BCUT2D eigenvalue weighted by atomic mass is 79.9. The molecule has 0 bridgehead atoms. The summed E-state index contributed by atoms with van der Waals surface area (Å²) in [6.45, 7) is 0.876. The van der Waals surface area contributed by atoms with E-state index in [4.69, 9.17) is 4.74 Å². The van der Waals surface area contributed by atoms with Crippen LogP contribution in [-0.2, 0) is 18.1 Å². The number of carbonyl (C=O) groups excluding carboxylic acids is 1. The van der Waals surface area contributed by atoms with Gasteiger partial charge in [-0.1, -0.05) is 15.9 Å². The predicted molar refractivity (Wildman–Crippen MR) is 104 cm³/mol. The third-order valence-corrected chi connectivity index (χ3v) is 4.51. The zero-order valence-electron chi connectivity index (χ0n) is 15.5. The van der Waals surface area contributed by atoms with Crippen molar-refractivity contribution in [3.63, 3.8) is 0 Å². The lowest BCUT2D eigenvalue weighted by atomic mass is 10.3. The average Bonchev–Trinajstić information content (AvgIpc) is 3.26. The van der Waals surface area contributed by atoms with Crippen molar-refractivity contribution in [2.45, 2.75) is 26.6 Å². The van der Waals surface area contributed by atoms with Crippen LogP contribution in [0.1, 0.15) is 17.8 Å². The number of hydrogen-bond donors (Lipinski definition) is 1. The smallest absolute Gasteiger partial charge is 0.319 e. The first-order valence-corrected chi connectivity index (χ1v) is 9.24. The molecule has 0 radical (unpaired) electrons. The van der Waals surface area contributed by atoms with E-state index < -0.39 is 35.2 Å². The molecule has 0 aliphatic heterocycles. The molecule has 13 heteroatoms. The Hall–Kier alpha value is -3.35. The van der Waals surface area contributed by atoms with Crippen molar-refractivity contribution in [1.29, 1.82) is 0 Å². The largest absolute Gasteiger partial charge is 0.471 e. The van der Waals surface area contributed by atoms with Crippen LogP contribution in [0.2, 0.25) is 0 Å². The van der Waals surface area contributed by atoms with Gasteiger partial charge in [-0.3, -0.25) is 19.6 Å². The van der Waals surface area contributed by atoms with Crippen molar-refractivity contribution < 1.29 is 23.2 Å². The summed E-state index contributed by atoms with van der Waals surface area (Å²) in [4.78, 5) is 22.3. The SMILES string of the molecule is Cc1c([N+](=O)[O-])c(C(F)F)nn1CC(=O)Nc1cnn(COc2ccc(Br)cc2)c1. The second kappa shape index (κ2) is 8.98. The minimum Gasteiger partial charge on any atom is -0.471 e. The number of benzene rings is 1. The second-order valence-electron chi connectivity index (χ2n) is 6.08. The zero-order valence-corrected chi connectivity index (χ0v) is 17.0. The fourth-order valence-corrected chi connectivity index (χ4v) is 2.86. The highest BCUT2D eigenvalue weighted by molar-refractivity contribution is 9.10. The minimum atomic E-state index is -3.13. The fraction of sp³-hybridized carbons (Fsp3) is 0.235. The molecule has 2 heterocycles. The van der Waals surface area contributed by atoms with Crippen molar-refractivity contribution >= 4 is 33.2 Å². The Bertz CT molecular complexity index is 1070. The first kappa shape index (κ1) is 21.4. The molecule has 0 saturated heterocycles. The molecule has 158 valence electrons. The molecule has 0 aliphatic carbocycles. The van der Waals surface area contributed by atoms with Crippen LogP contribution in [-0.4, -0.2) is 30.4 Å². The summed E-state index contributed by atoms with van der Waals surface area (Å²) >= 11 is 3.33. The molecule has 0 saturated carbocycles. The van der Waals surface area contributed by atoms with Crippen LogP contribution in [0.25, 0.3) is 0 Å². The predicted octanol–water partition coefficient (Wildman–Crippen LogP) is 3.67. The molecule has 0 atom stereocenters. The summed E-state index contributed by atoms with van der Waals surface area (Å²) in [5.41, 5.74) is -1.56. The van der Waals surface area contributed by atoms with Gasteiger partial charge in [0.05, 0.1) is 23.0 Å². The summed E-state index contributed by atoms with van der Waals surface area (Å²) in [6.07, 6.45) is -0.233. The summed E-state index contributed by atoms with van der Waals surface area (Å²) in [5, 5.41) is 21.1. The van der Waals surface area contributed by atoms with Crippen LogP contribution in [0.4, 0.5) is 20.2 Å². The van der Waals surface area contributed by atoms with Gasteiger partial charge in [-0.25, -0.2) is 13.5 Å². The van der Waals surface area contributed by atoms with Crippen molar-refractivity contribution in [2.75, 3.05) is 5.32 Å². The quantitative estimate of drug-likeness (QED) is 0.385. The number of nitrogens with one attached hydrogen (secondary N) is 1. The Labute approximate surface area is 176 Å². The van der Waals surface area contributed by atoms with E-state index in [0.29, 0.717) is 11.4 Å². The Morgan fingerprint density at radius 1 is 1.37 bits per heavy atom. The number of anilines is 1.